The third-order valence-electron chi connectivity index (χ3n) is 4.65. The van der Waals surface area contributed by atoms with Gasteiger partial charge in [-0.3, -0.25) is 4.68 Å². The van der Waals surface area contributed by atoms with Gasteiger partial charge in [-0.2, -0.15) is 5.10 Å². The van der Waals surface area contributed by atoms with Crippen molar-refractivity contribution in [1.82, 2.24) is 19.7 Å². The zero-order valence-corrected chi connectivity index (χ0v) is 14.5. The van der Waals surface area contributed by atoms with E-state index in [9.17, 15) is 0 Å². The number of rotatable bonds is 4. The molecule has 7 nitrogen and oxygen atoms in total. The van der Waals surface area contributed by atoms with E-state index in [4.69, 9.17) is 4.74 Å². The van der Waals surface area contributed by atoms with E-state index in [1.54, 1.807) is 17.2 Å². The van der Waals surface area contributed by atoms with Crippen LogP contribution in [-0.2, 0) is 11.8 Å². The predicted molar refractivity (Wildman–Crippen MR) is 97.8 cm³/mol. The van der Waals surface area contributed by atoms with Crippen LogP contribution in [0.5, 0.6) is 0 Å². The number of ether oxygens (including phenoxy) is 1. The number of anilines is 2. The molecule has 0 radical (unpaired) electrons. The standard InChI is InChI=1S/C18H22N6O/c1-13(22-17-16-11-21-23(2)18(16)20-12-19-17)14-3-5-15(6-4-14)24-7-9-25-10-8-24/h3-6,11-13H,7-10H2,1-2H3,(H,19,20,22)/t13-/m1/s1. The molecule has 1 aliphatic heterocycles. The quantitative estimate of drug-likeness (QED) is 0.788. The third kappa shape index (κ3) is 3.15. The fourth-order valence-corrected chi connectivity index (χ4v) is 3.16. The fourth-order valence-electron chi connectivity index (χ4n) is 3.16. The van der Waals surface area contributed by atoms with Gasteiger partial charge < -0.3 is 15.0 Å². The lowest BCUT2D eigenvalue weighted by atomic mass is 10.1. The topological polar surface area (TPSA) is 68.1 Å². The summed E-state index contributed by atoms with van der Waals surface area (Å²) < 4.78 is 7.17. The first kappa shape index (κ1) is 15.8. The van der Waals surface area contributed by atoms with Gasteiger partial charge in [0.05, 0.1) is 24.8 Å². The van der Waals surface area contributed by atoms with Crippen molar-refractivity contribution in [2.24, 2.45) is 7.05 Å². The van der Waals surface area contributed by atoms with E-state index >= 15 is 0 Å². The van der Waals surface area contributed by atoms with Crippen LogP contribution in [0.2, 0.25) is 0 Å². The molecule has 7 heteroatoms. The Morgan fingerprint density at radius 3 is 2.64 bits per heavy atom. The van der Waals surface area contributed by atoms with Gasteiger partial charge in [-0.15, -0.1) is 0 Å². The first-order valence-corrected chi connectivity index (χ1v) is 8.54. The maximum Gasteiger partial charge on any atom is 0.163 e. The summed E-state index contributed by atoms with van der Waals surface area (Å²) in [7, 11) is 1.88. The molecule has 0 unspecified atom stereocenters. The monoisotopic (exact) mass is 338 g/mol. The molecule has 0 saturated carbocycles. The molecular formula is C18H22N6O. The summed E-state index contributed by atoms with van der Waals surface area (Å²) in [5.41, 5.74) is 3.29. The normalized spacial score (nSPS) is 16.2. The average Bonchev–Trinajstić information content (AvgIpc) is 3.05. The zero-order chi connectivity index (χ0) is 17.2. The zero-order valence-electron chi connectivity index (χ0n) is 14.5. The number of nitrogens with zero attached hydrogens (tertiary/aromatic N) is 5. The van der Waals surface area contributed by atoms with Crippen LogP contribution in [0.25, 0.3) is 11.0 Å². The summed E-state index contributed by atoms with van der Waals surface area (Å²) in [6.07, 6.45) is 3.37. The number of hydrogen-bond donors (Lipinski definition) is 1. The van der Waals surface area contributed by atoms with Crippen molar-refractivity contribution in [3.63, 3.8) is 0 Å². The van der Waals surface area contributed by atoms with Crippen LogP contribution in [0.1, 0.15) is 18.5 Å². The van der Waals surface area contributed by atoms with Gasteiger partial charge in [-0.1, -0.05) is 12.1 Å². The smallest absolute Gasteiger partial charge is 0.163 e. The molecule has 0 amide bonds. The molecule has 2 aromatic heterocycles. The maximum atomic E-state index is 5.42. The molecule has 3 aromatic rings. The Bertz CT molecular complexity index is 854. The SMILES string of the molecule is C[C@@H](Nc1ncnc2c1cnn2C)c1ccc(N2CCOCC2)cc1. The number of nitrogens with one attached hydrogen (secondary N) is 1. The summed E-state index contributed by atoms with van der Waals surface area (Å²) in [5, 5.41) is 8.67. The highest BCUT2D eigenvalue weighted by Crippen LogP contribution is 2.25. The molecule has 1 saturated heterocycles. The van der Waals surface area contributed by atoms with E-state index in [1.165, 1.54) is 11.3 Å². The Labute approximate surface area is 146 Å². The first-order chi connectivity index (χ1) is 12.2. The van der Waals surface area contributed by atoms with Gasteiger partial charge in [0, 0.05) is 31.9 Å². The number of benzene rings is 1. The van der Waals surface area contributed by atoms with Crippen molar-refractivity contribution in [1.29, 1.82) is 0 Å². The predicted octanol–water partition coefficient (Wildman–Crippen LogP) is 2.37. The van der Waals surface area contributed by atoms with Crippen LogP contribution in [0, 0.1) is 0 Å². The molecule has 130 valence electrons. The average molecular weight is 338 g/mol. The van der Waals surface area contributed by atoms with Crippen molar-refractivity contribution in [2.45, 2.75) is 13.0 Å². The van der Waals surface area contributed by atoms with E-state index in [-0.39, 0.29) is 6.04 Å². The van der Waals surface area contributed by atoms with Gasteiger partial charge >= 0.3 is 0 Å². The molecular weight excluding hydrogens is 316 g/mol. The van der Waals surface area contributed by atoms with Crippen molar-refractivity contribution in [2.75, 3.05) is 36.5 Å². The highest BCUT2D eigenvalue weighted by Gasteiger charge is 2.14. The molecule has 1 atom stereocenters. The minimum atomic E-state index is 0.136. The molecule has 1 fully saturated rings. The molecule has 0 bridgehead atoms. The Hall–Kier alpha value is -2.67. The van der Waals surface area contributed by atoms with E-state index in [0.29, 0.717) is 0 Å². The van der Waals surface area contributed by atoms with Gasteiger partial charge in [-0.05, 0) is 24.6 Å². The Balaban J connectivity index is 1.51. The summed E-state index contributed by atoms with van der Waals surface area (Å²) in [5.74, 6) is 0.808. The van der Waals surface area contributed by atoms with Crippen LogP contribution in [0.15, 0.2) is 36.8 Å². The van der Waals surface area contributed by atoms with Gasteiger partial charge in [-0.25, -0.2) is 9.97 Å². The van der Waals surface area contributed by atoms with Gasteiger partial charge in [0.25, 0.3) is 0 Å². The largest absolute Gasteiger partial charge is 0.378 e. The first-order valence-electron chi connectivity index (χ1n) is 8.54. The van der Waals surface area contributed by atoms with Crippen molar-refractivity contribution in [3.05, 3.63) is 42.4 Å². The molecule has 0 aliphatic carbocycles. The number of hydrogen-bond acceptors (Lipinski definition) is 6. The fraction of sp³-hybridized carbons (Fsp3) is 0.389. The van der Waals surface area contributed by atoms with Crippen molar-refractivity contribution in [3.8, 4) is 0 Å². The molecule has 1 aliphatic rings. The number of fused-ring (bicyclic) bond motifs is 1. The highest BCUT2D eigenvalue weighted by atomic mass is 16.5. The second-order valence-electron chi connectivity index (χ2n) is 6.28. The second kappa shape index (κ2) is 6.68. The van der Waals surface area contributed by atoms with Crippen LogP contribution in [-0.4, -0.2) is 46.1 Å². The van der Waals surface area contributed by atoms with Crippen LogP contribution >= 0.6 is 0 Å². The second-order valence-corrected chi connectivity index (χ2v) is 6.28. The molecule has 4 rings (SSSR count). The van der Waals surface area contributed by atoms with E-state index in [0.717, 1.165) is 43.2 Å². The minimum absolute atomic E-state index is 0.136. The summed E-state index contributed by atoms with van der Waals surface area (Å²) >= 11 is 0. The Kier molecular flexibility index (Phi) is 4.23. The third-order valence-corrected chi connectivity index (χ3v) is 4.65. The lowest BCUT2D eigenvalue weighted by Gasteiger charge is -2.29. The van der Waals surface area contributed by atoms with Crippen molar-refractivity contribution >= 4 is 22.5 Å². The summed E-state index contributed by atoms with van der Waals surface area (Å²) in [4.78, 5) is 11.0. The molecule has 0 spiro atoms. The van der Waals surface area contributed by atoms with Crippen LogP contribution < -0.4 is 10.2 Å². The number of morpholine rings is 1. The van der Waals surface area contributed by atoms with Gasteiger partial charge in [0.2, 0.25) is 0 Å². The van der Waals surface area contributed by atoms with Gasteiger partial charge in [0.15, 0.2) is 5.65 Å². The molecule has 1 N–H and O–H groups in total. The van der Waals surface area contributed by atoms with Crippen LogP contribution in [0.4, 0.5) is 11.5 Å². The molecule has 1 aromatic carbocycles. The Morgan fingerprint density at radius 2 is 1.88 bits per heavy atom. The summed E-state index contributed by atoms with van der Waals surface area (Å²) in [6.45, 7) is 5.64. The summed E-state index contributed by atoms with van der Waals surface area (Å²) in [6, 6.07) is 8.84. The lowest BCUT2D eigenvalue weighted by Crippen LogP contribution is -2.36. The van der Waals surface area contributed by atoms with E-state index < -0.39 is 0 Å². The molecule has 3 heterocycles. The highest BCUT2D eigenvalue weighted by molar-refractivity contribution is 5.86. The minimum Gasteiger partial charge on any atom is -0.378 e. The van der Waals surface area contributed by atoms with Crippen molar-refractivity contribution < 1.29 is 4.74 Å². The molecule has 25 heavy (non-hydrogen) atoms. The van der Waals surface area contributed by atoms with Gasteiger partial charge in [0.1, 0.15) is 12.1 Å². The Morgan fingerprint density at radius 1 is 1.12 bits per heavy atom. The van der Waals surface area contributed by atoms with E-state index in [2.05, 4.69) is 56.5 Å². The number of aryl methyl sites for hydroxylation is 1. The van der Waals surface area contributed by atoms with E-state index in [1.807, 2.05) is 7.05 Å². The maximum absolute atomic E-state index is 5.42. The number of aromatic nitrogens is 4. The van der Waals surface area contributed by atoms with Crippen LogP contribution in [0.3, 0.4) is 0 Å². The lowest BCUT2D eigenvalue weighted by molar-refractivity contribution is 0.122.